The molecule has 0 aliphatic heterocycles. The minimum atomic E-state index is -0.349. The highest BCUT2D eigenvalue weighted by atomic mass is 16.3. The normalized spacial score (nSPS) is 21.0. The summed E-state index contributed by atoms with van der Waals surface area (Å²) in [5, 5.41) is 9.76. The Morgan fingerprint density at radius 1 is 1.46 bits per heavy atom. The van der Waals surface area contributed by atoms with Crippen molar-refractivity contribution in [3.8, 4) is 0 Å². The Balaban J connectivity index is 2.32. The van der Waals surface area contributed by atoms with E-state index in [1.165, 1.54) is 19.3 Å². The highest BCUT2D eigenvalue weighted by molar-refractivity contribution is 5.71. The van der Waals surface area contributed by atoms with E-state index in [4.69, 9.17) is 0 Å². The average molecular weight is 182 g/mol. The highest BCUT2D eigenvalue weighted by Crippen LogP contribution is 2.28. The van der Waals surface area contributed by atoms with Crippen molar-refractivity contribution in [2.24, 2.45) is 5.92 Å². The Labute approximate surface area is 79.6 Å². The molecule has 1 rings (SSSR count). The number of carbonyl (C=O) groups is 1. The van der Waals surface area contributed by atoms with Crippen LogP contribution in [0.5, 0.6) is 0 Å². The van der Waals surface area contributed by atoms with Crippen LogP contribution in [-0.4, -0.2) is 17.5 Å². The third kappa shape index (κ3) is 3.31. The van der Waals surface area contributed by atoms with Gasteiger partial charge in [0.1, 0.15) is 6.29 Å². The second-order valence-electron chi connectivity index (χ2n) is 3.95. The van der Waals surface area contributed by atoms with Gasteiger partial charge in [0.25, 0.3) is 0 Å². The van der Waals surface area contributed by atoms with Crippen molar-refractivity contribution in [3.63, 3.8) is 0 Å². The van der Waals surface area contributed by atoms with Crippen LogP contribution in [0.15, 0.2) is 12.2 Å². The number of aliphatic hydroxyl groups is 1. The molecule has 0 amide bonds. The number of hydrogen-bond donors (Lipinski definition) is 1. The zero-order valence-corrected chi connectivity index (χ0v) is 8.04. The van der Waals surface area contributed by atoms with Gasteiger partial charge >= 0.3 is 0 Å². The Hall–Kier alpha value is -0.630. The van der Waals surface area contributed by atoms with Gasteiger partial charge in [0.05, 0.1) is 6.10 Å². The van der Waals surface area contributed by atoms with Crippen molar-refractivity contribution >= 4 is 6.29 Å². The SMILES string of the molecule is C=C(C=O)CC(O)C1CCCCC1. The molecule has 2 nitrogen and oxygen atoms in total. The first-order valence-electron chi connectivity index (χ1n) is 5.05. The van der Waals surface area contributed by atoms with Crippen molar-refractivity contribution < 1.29 is 9.90 Å². The lowest BCUT2D eigenvalue weighted by molar-refractivity contribution is -0.105. The van der Waals surface area contributed by atoms with Crippen LogP contribution in [0.25, 0.3) is 0 Å². The van der Waals surface area contributed by atoms with E-state index in [0.29, 0.717) is 17.9 Å². The summed E-state index contributed by atoms with van der Waals surface area (Å²) in [6.07, 6.45) is 6.78. The van der Waals surface area contributed by atoms with Crippen LogP contribution in [0.1, 0.15) is 38.5 Å². The maximum Gasteiger partial charge on any atom is 0.145 e. The zero-order valence-electron chi connectivity index (χ0n) is 8.04. The molecule has 1 atom stereocenters. The summed E-state index contributed by atoms with van der Waals surface area (Å²) in [6.45, 7) is 3.58. The lowest BCUT2D eigenvalue weighted by Gasteiger charge is -2.26. The van der Waals surface area contributed by atoms with Crippen LogP contribution in [0.2, 0.25) is 0 Å². The Morgan fingerprint density at radius 3 is 2.62 bits per heavy atom. The van der Waals surface area contributed by atoms with Gasteiger partial charge in [0.2, 0.25) is 0 Å². The van der Waals surface area contributed by atoms with Gasteiger partial charge in [-0.2, -0.15) is 0 Å². The van der Waals surface area contributed by atoms with Gasteiger partial charge in [0.15, 0.2) is 0 Å². The van der Waals surface area contributed by atoms with Crippen molar-refractivity contribution in [2.45, 2.75) is 44.6 Å². The molecule has 0 radical (unpaired) electrons. The fraction of sp³-hybridized carbons (Fsp3) is 0.727. The first-order chi connectivity index (χ1) is 6.24. The van der Waals surface area contributed by atoms with Crippen LogP contribution < -0.4 is 0 Å². The van der Waals surface area contributed by atoms with E-state index in [2.05, 4.69) is 6.58 Å². The van der Waals surface area contributed by atoms with E-state index >= 15 is 0 Å². The smallest absolute Gasteiger partial charge is 0.145 e. The third-order valence-corrected chi connectivity index (χ3v) is 2.83. The molecule has 0 aromatic heterocycles. The topological polar surface area (TPSA) is 37.3 Å². The van der Waals surface area contributed by atoms with Gasteiger partial charge in [-0.25, -0.2) is 0 Å². The van der Waals surface area contributed by atoms with Gasteiger partial charge in [-0.15, -0.1) is 0 Å². The number of aldehydes is 1. The average Bonchev–Trinajstić information content (AvgIpc) is 2.19. The number of hydrogen-bond acceptors (Lipinski definition) is 2. The van der Waals surface area contributed by atoms with Gasteiger partial charge in [0, 0.05) is 6.42 Å². The fourth-order valence-electron chi connectivity index (χ4n) is 2.00. The van der Waals surface area contributed by atoms with Crippen LogP contribution in [0.3, 0.4) is 0 Å². The molecule has 1 N–H and O–H groups in total. The molecule has 13 heavy (non-hydrogen) atoms. The predicted octanol–water partition coefficient (Wildman–Crippen LogP) is 2.07. The Morgan fingerprint density at radius 2 is 2.08 bits per heavy atom. The lowest BCUT2D eigenvalue weighted by atomic mass is 9.83. The summed E-state index contributed by atoms with van der Waals surface area (Å²) in [6, 6.07) is 0. The van der Waals surface area contributed by atoms with E-state index in [1.54, 1.807) is 0 Å². The maximum atomic E-state index is 10.3. The number of aliphatic hydroxyl groups excluding tert-OH is 1. The second kappa shape index (κ2) is 5.18. The highest BCUT2D eigenvalue weighted by Gasteiger charge is 2.21. The molecule has 0 saturated heterocycles. The third-order valence-electron chi connectivity index (χ3n) is 2.83. The molecule has 2 heteroatoms. The molecule has 0 bridgehead atoms. The summed E-state index contributed by atoms with van der Waals surface area (Å²) in [5.41, 5.74) is 0.512. The van der Waals surface area contributed by atoms with Crippen LogP contribution in [0.4, 0.5) is 0 Å². The fourth-order valence-corrected chi connectivity index (χ4v) is 2.00. The molecular formula is C11H18O2. The van der Waals surface area contributed by atoms with Crippen molar-refractivity contribution in [1.82, 2.24) is 0 Å². The molecule has 0 heterocycles. The largest absolute Gasteiger partial charge is 0.392 e. The molecular weight excluding hydrogens is 164 g/mol. The van der Waals surface area contributed by atoms with Crippen LogP contribution >= 0.6 is 0 Å². The standard InChI is InChI=1S/C11H18O2/c1-9(8-12)7-11(13)10-5-3-2-4-6-10/h8,10-11,13H,1-7H2. The first kappa shape index (κ1) is 10.5. The second-order valence-corrected chi connectivity index (χ2v) is 3.95. The molecule has 1 aliphatic rings. The van der Waals surface area contributed by atoms with Gasteiger partial charge in [-0.1, -0.05) is 25.8 Å². The predicted molar refractivity (Wildman–Crippen MR) is 52.4 cm³/mol. The van der Waals surface area contributed by atoms with Gasteiger partial charge in [-0.3, -0.25) is 4.79 Å². The summed E-state index contributed by atoms with van der Waals surface area (Å²) in [7, 11) is 0. The Bertz CT molecular complexity index is 181. The zero-order chi connectivity index (χ0) is 9.68. The molecule has 0 aromatic carbocycles. The van der Waals surface area contributed by atoms with E-state index in [9.17, 15) is 9.90 Å². The minimum absolute atomic E-state index is 0.349. The first-order valence-corrected chi connectivity index (χ1v) is 5.05. The van der Waals surface area contributed by atoms with Gasteiger partial charge in [-0.05, 0) is 24.3 Å². The van der Waals surface area contributed by atoms with E-state index in [1.807, 2.05) is 0 Å². The quantitative estimate of drug-likeness (QED) is 0.534. The molecule has 1 aliphatic carbocycles. The molecule has 1 saturated carbocycles. The summed E-state index contributed by atoms with van der Waals surface area (Å²) >= 11 is 0. The van der Waals surface area contributed by atoms with E-state index in [-0.39, 0.29) is 6.10 Å². The van der Waals surface area contributed by atoms with Crippen molar-refractivity contribution in [3.05, 3.63) is 12.2 Å². The molecule has 0 spiro atoms. The molecule has 1 fully saturated rings. The van der Waals surface area contributed by atoms with Gasteiger partial charge < -0.3 is 5.11 Å². The molecule has 1 unspecified atom stereocenters. The summed E-state index contributed by atoms with van der Waals surface area (Å²) < 4.78 is 0. The van der Waals surface area contributed by atoms with Crippen LogP contribution in [0, 0.1) is 5.92 Å². The van der Waals surface area contributed by atoms with Crippen molar-refractivity contribution in [1.29, 1.82) is 0 Å². The Kier molecular flexibility index (Phi) is 4.16. The molecule has 0 aromatic rings. The monoisotopic (exact) mass is 182 g/mol. The minimum Gasteiger partial charge on any atom is -0.392 e. The van der Waals surface area contributed by atoms with Crippen LogP contribution in [-0.2, 0) is 4.79 Å². The lowest BCUT2D eigenvalue weighted by Crippen LogP contribution is -2.23. The van der Waals surface area contributed by atoms with Crippen molar-refractivity contribution in [2.75, 3.05) is 0 Å². The summed E-state index contributed by atoms with van der Waals surface area (Å²) in [5.74, 6) is 0.394. The summed E-state index contributed by atoms with van der Waals surface area (Å²) in [4.78, 5) is 10.3. The van der Waals surface area contributed by atoms with E-state index in [0.717, 1.165) is 19.1 Å². The molecule has 74 valence electrons. The maximum absolute atomic E-state index is 10.3. The van der Waals surface area contributed by atoms with E-state index < -0.39 is 0 Å². The number of carbonyl (C=O) groups excluding carboxylic acids is 1. The number of rotatable bonds is 4.